The molecule has 1 atom stereocenters. The fourth-order valence-electron chi connectivity index (χ4n) is 2.31. The van der Waals surface area contributed by atoms with Gasteiger partial charge in [0, 0.05) is 18.8 Å². The molecule has 0 aromatic heterocycles. The fraction of sp³-hybridized carbons (Fsp3) is 0.500. The number of nitrogens with zero attached hydrogens (tertiary/aromatic N) is 1. The summed E-state index contributed by atoms with van der Waals surface area (Å²) in [6.45, 7) is 4.66. The first-order valence-corrected chi connectivity index (χ1v) is 6.53. The molecular formula is C14H21N3O. The van der Waals surface area contributed by atoms with Crippen LogP contribution in [0.3, 0.4) is 0 Å². The van der Waals surface area contributed by atoms with Crippen molar-refractivity contribution in [3.05, 3.63) is 29.8 Å². The second kappa shape index (κ2) is 5.87. The Bertz CT molecular complexity index is 402. The van der Waals surface area contributed by atoms with E-state index in [2.05, 4.69) is 22.3 Å². The van der Waals surface area contributed by atoms with E-state index >= 15 is 0 Å². The highest BCUT2D eigenvalue weighted by Gasteiger charge is 2.24. The Morgan fingerprint density at radius 3 is 2.83 bits per heavy atom. The summed E-state index contributed by atoms with van der Waals surface area (Å²) in [6.07, 6.45) is 2.10. The van der Waals surface area contributed by atoms with E-state index in [-0.39, 0.29) is 11.9 Å². The Kier molecular flexibility index (Phi) is 4.20. The highest BCUT2D eigenvalue weighted by atomic mass is 16.2. The Balaban J connectivity index is 1.78. The zero-order valence-electron chi connectivity index (χ0n) is 10.9. The number of nitrogens with two attached hydrogens (primary N) is 1. The van der Waals surface area contributed by atoms with E-state index in [9.17, 15) is 4.79 Å². The van der Waals surface area contributed by atoms with Gasteiger partial charge < -0.3 is 11.1 Å². The van der Waals surface area contributed by atoms with Gasteiger partial charge in [-0.2, -0.15) is 0 Å². The number of hydrogen-bond donors (Lipinski definition) is 2. The predicted molar refractivity (Wildman–Crippen MR) is 73.2 cm³/mol. The second-order valence-electron chi connectivity index (χ2n) is 4.85. The number of hydrogen-bond acceptors (Lipinski definition) is 3. The predicted octanol–water partition coefficient (Wildman–Crippen LogP) is 1.02. The molecule has 0 aliphatic carbocycles. The summed E-state index contributed by atoms with van der Waals surface area (Å²) in [5.41, 5.74) is 7.76. The minimum absolute atomic E-state index is 0.00479. The molecule has 1 amide bonds. The molecule has 1 fully saturated rings. The lowest BCUT2D eigenvalue weighted by Gasteiger charge is -2.32. The molecule has 1 saturated heterocycles. The van der Waals surface area contributed by atoms with Crippen LogP contribution in [0, 0.1) is 0 Å². The van der Waals surface area contributed by atoms with Crippen LogP contribution in [0.1, 0.15) is 18.9 Å². The van der Waals surface area contributed by atoms with Crippen LogP contribution in [-0.4, -0.2) is 36.5 Å². The summed E-state index contributed by atoms with van der Waals surface area (Å²) < 4.78 is 0. The normalized spacial score (nSPS) is 20.7. The van der Waals surface area contributed by atoms with Crippen molar-refractivity contribution in [1.82, 2.24) is 10.2 Å². The van der Waals surface area contributed by atoms with Crippen LogP contribution in [0.2, 0.25) is 0 Å². The van der Waals surface area contributed by atoms with E-state index in [1.54, 1.807) is 0 Å². The third-order valence-electron chi connectivity index (χ3n) is 3.52. The molecule has 4 nitrogen and oxygen atoms in total. The van der Waals surface area contributed by atoms with Gasteiger partial charge in [-0.1, -0.05) is 12.1 Å². The number of anilines is 1. The number of piperazine rings is 1. The monoisotopic (exact) mass is 247 g/mol. The van der Waals surface area contributed by atoms with Crippen LogP contribution in [0.5, 0.6) is 0 Å². The lowest BCUT2D eigenvalue weighted by Crippen LogP contribution is -2.53. The van der Waals surface area contributed by atoms with Gasteiger partial charge in [-0.15, -0.1) is 0 Å². The summed E-state index contributed by atoms with van der Waals surface area (Å²) in [7, 11) is 0. The van der Waals surface area contributed by atoms with Crippen molar-refractivity contribution < 1.29 is 4.79 Å². The van der Waals surface area contributed by atoms with Gasteiger partial charge in [-0.3, -0.25) is 9.69 Å². The summed E-state index contributed by atoms with van der Waals surface area (Å²) in [6, 6.07) is 8.02. The summed E-state index contributed by atoms with van der Waals surface area (Å²) in [5, 5.41) is 2.88. The molecule has 0 saturated carbocycles. The first-order valence-electron chi connectivity index (χ1n) is 6.53. The maximum atomic E-state index is 11.5. The Labute approximate surface area is 108 Å². The molecule has 1 aliphatic heterocycles. The first-order chi connectivity index (χ1) is 8.66. The lowest BCUT2D eigenvalue weighted by molar-refractivity contribution is -0.128. The molecule has 2 rings (SSSR count). The number of carbonyl (C=O) groups excluding carboxylic acids is 1. The zero-order valence-corrected chi connectivity index (χ0v) is 10.9. The Morgan fingerprint density at radius 1 is 1.39 bits per heavy atom. The summed E-state index contributed by atoms with van der Waals surface area (Å²) in [4.78, 5) is 13.8. The van der Waals surface area contributed by atoms with Gasteiger partial charge in [-0.05, 0) is 44.0 Å². The van der Waals surface area contributed by atoms with E-state index in [4.69, 9.17) is 5.73 Å². The van der Waals surface area contributed by atoms with Crippen LogP contribution >= 0.6 is 0 Å². The highest BCUT2D eigenvalue weighted by Crippen LogP contribution is 2.10. The molecule has 1 aromatic rings. The Hall–Kier alpha value is -1.55. The van der Waals surface area contributed by atoms with Gasteiger partial charge in [0.1, 0.15) is 0 Å². The molecule has 1 heterocycles. The number of nitrogens with one attached hydrogen (secondary N) is 1. The van der Waals surface area contributed by atoms with Gasteiger partial charge in [-0.25, -0.2) is 0 Å². The average molecular weight is 247 g/mol. The number of benzene rings is 1. The van der Waals surface area contributed by atoms with Crippen LogP contribution in [0.15, 0.2) is 24.3 Å². The van der Waals surface area contributed by atoms with E-state index < -0.39 is 0 Å². The molecule has 0 spiro atoms. The molecule has 1 aromatic carbocycles. The van der Waals surface area contributed by atoms with Crippen LogP contribution < -0.4 is 11.1 Å². The molecule has 0 bridgehead atoms. The van der Waals surface area contributed by atoms with Crippen LogP contribution in [0.4, 0.5) is 5.69 Å². The molecule has 4 heteroatoms. The molecule has 98 valence electrons. The maximum Gasteiger partial charge on any atom is 0.237 e. The van der Waals surface area contributed by atoms with Crippen molar-refractivity contribution in [3.63, 3.8) is 0 Å². The average Bonchev–Trinajstić information content (AvgIpc) is 2.37. The van der Waals surface area contributed by atoms with E-state index in [0.29, 0.717) is 0 Å². The zero-order chi connectivity index (χ0) is 13.0. The number of aryl methyl sites for hydroxylation is 1. The molecular weight excluding hydrogens is 226 g/mol. The van der Waals surface area contributed by atoms with Crippen molar-refractivity contribution in [3.8, 4) is 0 Å². The van der Waals surface area contributed by atoms with Crippen LogP contribution in [0.25, 0.3) is 0 Å². The molecule has 1 aliphatic rings. The molecule has 3 N–H and O–H groups in total. The fourth-order valence-corrected chi connectivity index (χ4v) is 2.31. The number of rotatable bonds is 4. The minimum atomic E-state index is 0.00479. The minimum Gasteiger partial charge on any atom is -0.399 e. The van der Waals surface area contributed by atoms with E-state index in [1.807, 2.05) is 19.1 Å². The third-order valence-corrected chi connectivity index (χ3v) is 3.52. The SMILES string of the molecule is CC1C(=O)NCCN1CCCc1ccc(N)cc1. The quantitative estimate of drug-likeness (QED) is 0.781. The van der Waals surface area contributed by atoms with Gasteiger partial charge in [0.05, 0.1) is 6.04 Å². The van der Waals surface area contributed by atoms with Gasteiger partial charge in [0.2, 0.25) is 5.91 Å². The Morgan fingerprint density at radius 2 is 2.11 bits per heavy atom. The number of nitrogen functional groups attached to an aromatic ring is 1. The van der Waals surface area contributed by atoms with Crippen molar-refractivity contribution in [2.45, 2.75) is 25.8 Å². The standard InChI is InChI=1S/C14H21N3O/c1-11-14(18)16-8-10-17(11)9-2-3-12-4-6-13(15)7-5-12/h4-7,11H,2-3,8-10,15H2,1H3,(H,16,18). The highest BCUT2D eigenvalue weighted by molar-refractivity contribution is 5.81. The largest absolute Gasteiger partial charge is 0.399 e. The smallest absolute Gasteiger partial charge is 0.237 e. The van der Waals surface area contributed by atoms with Gasteiger partial charge in [0.25, 0.3) is 0 Å². The van der Waals surface area contributed by atoms with Crippen LogP contribution in [-0.2, 0) is 11.2 Å². The van der Waals surface area contributed by atoms with E-state index in [0.717, 1.165) is 38.2 Å². The second-order valence-corrected chi connectivity index (χ2v) is 4.85. The number of amides is 1. The maximum absolute atomic E-state index is 11.5. The molecule has 18 heavy (non-hydrogen) atoms. The van der Waals surface area contributed by atoms with Crippen molar-refractivity contribution in [1.29, 1.82) is 0 Å². The van der Waals surface area contributed by atoms with Gasteiger partial charge in [0.15, 0.2) is 0 Å². The van der Waals surface area contributed by atoms with E-state index in [1.165, 1.54) is 5.56 Å². The number of carbonyl (C=O) groups is 1. The van der Waals surface area contributed by atoms with Crippen molar-refractivity contribution in [2.75, 3.05) is 25.4 Å². The van der Waals surface area contributed by atoms with Crippen molar-refractivity contribution in [2.24, 2.45) is 0 Å². The summed E-state index contributed by atoms with van der Waals surface area (Å²) >= 11 is 0. The van der Waals surface area contributed by atoms with Gasteiger partial charge >= 0.3 is 0 Å². The van der Waals surface area contributed by atoms with Crippen molar-refractivity contribution >= 4 is 11.6 Å². The first kappa shape index (κ1) is 12.9. The summed E-state index contributed by atoms with van der Waals surface area (Å²) in [5.74, 6) is 0.147. The lowest BCUT2D eigenvalue weighted by atomic mass is 10.1. The molecule has 1 unspecified atom stereocenters. The molecule has 0 radical (unpaired) electrons. The third kappa shape index (κ3) is 3.23. The topological polar surface area (TPSA) is 58.4 Å².